The lowest BCUT2D eigenvalue weighted by Gasteiger charge is -2.01. The molecule has 18 heavy (non-hydrogen) atoms. The topological polar surface area (TPSA) is 12.9 Å². The normalized spacial score (nSPS) is 15.3. The maximum absolute atomic E-state index is 6.00. The second kappa shape index (κ2) is 5.55. The molecule has 0 N–H and O–H groups in total. The van der Waals surface area contributed by atoms with Crippen LogP contribution in [0.2, 0.25) is 5.02 Å². The summed E-state index contributed by atoms with van der Waals surface area (Å²) in [4.78, 5) is 4.03. The first-order valence-corrected chi connectivity index (χ1v) is 6.10. The van der Waals surface area contributed by atoms with Gasteiger partial charge in [-0.15, -0.1) is 12.4 Å². The minimum absolute atomic E-state index is 0. The smallest absolute Gasteiger partial charge is 0.0409 e. The van der Waals surface area contributed by atoms with Crippen LogP contribution in [-0.4, -0.2) is 4.98 Å². The Labute approximate surface area is 118 Å². The minimum Gasteiger partial charge on any atom is -0.265 e. The Kier molecular flexibility index (Phi) is 4.05. The molecule has 3 heteroatoms. The second-order valence-corrected chi connectivity index (χ2v) is 4.69. The number of rotatable bonds is 1. The van der Waals surface area contributed by atoms with Crippen molar-refractivity contribution in [3.63, 3.8) is 0 Å². The zero-order chi connectivity index (χ0) is 11.7. The third kappa shape index (κ3) is 2.58. The van der Waals surface area contributed by atoms with E-state index >= 15 is 0 Å². The predicted molar refractivity (Wildman–Crippen MR) is 79.1 cm³/mol. The third-order valence-corrected chi connectivity index (χ3v) is 3.36. The average molecular weight is 278 g/mol. The SMILES string of the molecule is Cl.Clc1ccc2c(c1)CC/C2=C\c1ccncc1. The summed E-state index contributed by atoms with van der Waals surface area (Å²) in [5, 5.41) is 0.828. The fourth-order valence-corrected chi connectivity index (χ4v) is 2.49. The fraction of sp³-hybridized carbons (Fsp3) is 0.133. The molecule has 1 aliphatic rings. The Morgan fingerprint density at radius 2 is 1.83 bits per heavy atom. The van der Waals surface area contributed by atoms with Gasteiger partial charge in [-0.05, 0) is 59.4 Å². The van der Waals surface area contributed by atoms with Crippen LogP contribution in [0.4, 0.5) is 0 Å². The van der Waals surface area contributed by atoms with Crippen molar-refractivity contribution >= 4 is 35.7 Å². The molecule has 0 aliphatic heterocycles. The summed E-state index contributed by atoms with van der Waals surface area (Å²) >= 11 is 6.00. The van der Waals surface area contributed by atoms with Crippen LogP contribution in [0.5, 0.6) is 0 Å². The largest absolute Gasteiger partial charge is 0.265 e. The van der Waals surface area contributed by atoms with Gasteiger partial charge in [0.25, 0.3) is 0 Å². The molecule has 92 valence electrons. The van der Waals surface area contributed by atoms with E-state index in [1.165, 1.54) is 22.3 Å². The van der Waals surface area contributed by atoms with E-state index in [0.29, 0.717) is 0 Å². The molecule has 0 saturated carbocycles. The lowest BCUT2D eigenvalue weighted by Crippen LogP contribution is -1.81. The van der Waals surface area contributed by atoms with Crippen molar-refractivity contribution in [3.05, 3.63) is 64.4 Å². The number of fused-ring (bicyclic) bond motifs is 1. The van der Waals surface area contributed by atoms with Crippen molar-refractivity contribution in [1.29, 1.82) is 0 Å². The predicted octanol–water partition coefficient (Wildman–Crippen LogP) is 4.64. The molecule has 2 aromatic rings. The molecular weight excluding hydrogens is 265 g/mol. The summed E-state index contributed by atoms with van der Waals surface area (Å²) in [5.74, 6) is 0. The third-order valence-electron chi connectivity index (χ3n) is 3.12. The van der Waals surface area contributed by atoms with Crippen LogP contribution in [0, 0.1) is 0 Å². The fourth-order valence-electron chi connectivity index (χ4n) is 2.30. The van der Waals surface area contributed by atoms with Gasteiger partial charge in [-0.1, -0.05) is 23.7 Å². The quantitative estimate of drug-likeness (QED) is 0.740. The molecule has 0 radical (unpaired) electrons. The van der Waals surface area contributed by atoms with Gasteiger partial charge < -0.3 is 0 Å². The Morgan fingerprint density at radius 1 is 1.06 bits per heavy atom. The highest BCUT2D eigenvalue weighted by Crippen LogP contribution is 2.34. The summed E-state index contributed by atoms with van der Waals surface area (Å²) in [6, 6.07) is 10.2. The van der Waals surface area contributed by atoms with Crippen molar-refractivity contribution in [2.24, 2.45) is 0 Å². The number of nitrogens with zero attached hydrogens (tertiary/aromatic N) is 1. The first-order chi connectivity index (χ1) is 8.33. The maximum Gasteiger partial charge on any atom is 0.0409 e. The van der Waals surface area contributed by atoms with Gasteiger partial charge in [-0.3, -0.25) is 4.98 Å². The standard InChI is InChI=1S/C15H12ClN.ClH/c16-14-3-4-15-12(1-2-13(15)10-14)9-11-5-7-17-8-6-11;/h3-10H,1-2H2;1H/b12-9+;. The summed E-state index contributed by atoms with van der Waals surface area (Å²) < 4.78 is 0. The molecule has 1 aromatic heterocycles. The molecule has 1 aromatic carbocycles. The summed E-state index contributed by atoms with van der Waals surface area (Å²) in [6.07, 6.45) is 8.07. The first-order valence-electron chi connectivity index (χ1n) is 5.72. The Hall–Kier alpha value is -1.31. The number of aryl methyl sites for hydroxylation is 1. The molecule has 0 atom stereocenters. The number of pyridine rings is 1. The lowest BCUT2D eigenvalue weighted by atomic mass is 10.1. The highest BCUT2D eigenvalue weighted by Gasteiger charge is 2.15. The zero-order valence-electron chi connectivity index (χ0n) is 9.77. The van der Waals surface area contributed by atoms with E-state index in [-0.39, 0.29) is 12.4 Å². The molecule has 1 aliphatic carbocycles. The van der Waals surface area contributed by atoms with E-state index in [2.05, 4.69) is 23.2 Å². The van der Waals surface area contributed by atoms with Gasteiger partial charge >= 0.3 is 0 Å². The summed E-state index contributed by atoms with van der Waals surface area (Å²) in [6.45, 7) is 0. The van der Waals surface area contributed by atoms with Crippen molar-refractivity contribution < 1.29 is 0 Å². The van der Waals surface area contributed by atoms with E-state index in [1.54, 1.807) is 0 Å². The number of hydrogen-bond donors (Lipinski definition) is 0. The van der Waals surface area contributed by atoms with Gasteiger partial charge in [-0.25, -0.2) is 0 Å². The number of allylic oxidation sites excluding steroid dienone is 1. The van der Waals surface area contributed by atoms with Gasteiger partial charge in [0.05, 0.1) is 0 Å². The first kappa shape index (κ1) is 13.1. The van der Waals surface area contributed by atoms with E-state index in [9.17, 15) is 0 Å². The van der Waals surface area contributed by atoms with Crippen LogP contribution in [0.1, 0.15) is 23.1 Å². The van der Waals surface area contributed by atoms with Crippen molar-refractivity contribution in [3.8, 4) is 0 Å². The van der Waals surface area contributed by atoms with Crippen molar-refractivity contribution in [2.75, 3.05) is 0 Å². The highest BCUT2D eigenvalue weighted by molar-refractivity contribution is 6.30. The molecule has 0 bridgehead atoms. The van der Waals surface area contributed by atoms with Gasteiger partial charge in [0.15, 0.2) is 0 Å². The van der Waals surface area contributed by atoms with Crippen LogP contribution in [-0.2, 0) is 6.42 Å². The Morgan fingerprint density at radius 3 is 2.61 bits per heavy atom. The van der Waals surface area contributed by atoms with Crippen LogP contribution in [0.15, 0.2) is 42.7 Å². The number of benzene rings is 1. The number of hydrogen-bond acceptors (Lipinski definition) is 1. The van der Waals surface area contributed by atoms with Crippen LogP contribution in [0.25, 0.3) is 11.6 Å². The number of aromatic nitrogens is 1. The van der Waals surface area contributed by atoms with Crippen molar-refractivity contribution in [1.82, 2.24) is 4.98 Å². The van der Waals surface area contributed by atoms with Gasteiger partial charge in [0.1, 0.15) is 0 Å². The molecule has 1 heterocycles. The van der Waals surface area contributed by atoms with Gasteiger partial charge in [-0.2, -0.15) is 0 Å². The molecule has 0 saturated heterocycles. The second-order valence-electron chi connectivity index (χ2n) is 4.25. The van der Waals surface area contributed by atoms with Gasteiger partial charge in [0, 0.05) is 17.4 Å². The summed E-state index contributed by atoms with van der Waals surface area (Å²) in [5.41, 5.74) is 5.30. The van der Waals surface area contributed by atoms with E-state index in [4.69, 9.17) is 11.6 Å². The molecular formula is C15H13Cl2N. The maximum atomic E-state index is 6.00. The molecule has 0 unspecified atom stereocenters. The molecule has 0 fully saturated rings. The molecule has 1 nitrogen and oxygen atoms in total. The van der Waals surface area contributed by atoms with E-state index in [1.807, 2.05) is 30.6 Å². The number of halogens is 2. The molecule has 0 spiro atoms. The minimum atomic E-state index is 0. The molecule has 3 rings (SSSR count). The van der Waals surface area contributed by atoms with Crippen LogP contribution in [0.3, 0.4) is 0 Å². The Balaban J connectivity index is 0.00000120. The highest BCUT2D eigenvalue weighted by atomic mass is 35.5. The monoisotopic (exact) mass is 277 g/mol. The van der Waals surface area contributed by atoms with E-state index in [0.717, 1.165) is 17.9 Å². The zero-order valence-corrected chi connectivity index (χ0v) is 11.3. The summed E-state index contributed by atoms with van der Waals surface area (Å²) in [7, 11) is 0. The lowest BCUT2D eigenvalue weighted by molar-refractivity contribution is 1.08. The van der Waals surface area contributed by atoms with Gasteiger partial charge in [0.2, 0.25) is 0 Å². The van der Waals surface area contributed by atoms with Crippen LogP contribution >= 0.6 is 24.0 Å². The molecule has 0 amide bonds. The Bertz CT molecular complexity index is 576. The van der Waals surface area contributed by atoms with Crippen LogP contribution < -0.4 is 0 Å². The average Bonchev–Trinajstić information content (AvgIpc) is 2.73. The van der Waals surface area contributed by atoms with Crippen molar-refractivity contribution in [2.45, 2.75) is 12.8 Å². The van der Waals surface area contributed by atoms with E-state index < -0.39 is 0 Å².